The van der Waals surface area contributed by atoms with E-state index in [-0.39, 0.29) is 0 Å². The van der Waals surface area contributed by atoms with E-state index in [1.807, 2.05) is 0 Å². The smallest absolute Gasteiger partial charge is 0.201 e. The number of unbranched alkanes of at least 4 members (excludes halogenated alkanes) is 8. The zero-order chi connectivity index (χ0) is 38.3. The van der Waals surface area contributed by atoms with Gasteiger partial charge in [-0.15, -0.1) is 0 Å². The Morgan fingerprint density at radius 1 is 0.415 bits per heavy atom. The lowest BCUT2D eigenvalue weighted by Gasteiger charge is -2.25. The molecule has 0 radical (unpaired) electrons. The molecule has 0 fully saturated rings. The molecule has 0 unspecified atom stereocenters. The Kier molecular flexibility index (Phi) is 22.5. The number of aromatic nitrogens is 2. The average Bonchev–Trinajstić information content (AvgIpc) is 3.67. The molecule has 0 amide bonds. The van der Waals surface area contributed by atoms with E-state index in [1.165, 1.54) is 165 Å². The second kappa shape index (κ2) is 26.5. The Labute approximate surface area is 330 Å². The molecule has 0 aliphatic heterocycles. The molecule has 0 bridgehead atoms. The molecule has 3 aromatic rings. The molecule has 0 spiro atoms. The van der Waals surface area contributed by atoms with Crippen LogP contribution in [-0.2, 0) is 0 Å². The monoisotopic (exact) mass is 726 g/mol. The number of para-hydroxylation sites is 2. The second-order valence-corrected chi connectivity index (χ2v) is 16.7. The average molecular weight is 726 g/mol. The molecule has 1 aromatic heterocycles. The minimum Gasteiger partial charge on any atom is -0.201 e. The maximum Gasteiger partial charge on any atom is 0.254 e. The van der Waals surface area contributed by atoms with E-state index in [2.05, 4.69) is 120 Å². The minimum absolute atomic E-state index is 0.612. The summed E-state index contributed by atoms with van der Waals surface area (Å²) in [7, 11) is 0. The summed E-state index contributed by atoms with van der Waals surface area (Å²) in [5, 5.41) is 0. The molecule has 2 heteroatoms. The third-order valence-electron chi connectivity index (χ3n) is 12.4. The van der Waals surface area contributed by atoms with Crippen molar-refractivity contribution in [1.82, 2.24) is 4.57 Å². The van der Waals surface area contributed by atoms with Crippen molar-refractivity contribution < 1.29 is 4.57 Å². The number of rotatable bonds is 30. The molecule has 0 atom stereocenters. The van der Waals surface area contributed by atoms with Crippen molar-refractivity contribution >= 4 is 0 Å². The molecular weight excluding hydrogens is 641 g/mol. The van der Waals surface area contributed by atoms with Crippen molar-refractivity contribution in [3.05, 3.63) is 77.4 Å². The van der Waals surface area contributed by atoms with E-state index in [9.17, 15) is 0 Å². The maximum atomic E-state index is 2.60. The van der Waals surface area contributed by atoms with Crippen LogP contribution in [0.5, 0.6) is 0 Å². The SMILES string of the molecule is CCCCC(CCCC)c1cccc(C(CCCC)CCCC)c1-n1cc[n+](-c2c(C(CCCC)CCCC)cccc2C(CCCC)CCCC)c1. The summed E-state index contributed by atoms with van der Waals surface area (Å²) >= 11 is 0. The number of imidazole rings is 1. The fourth-order valence-electron chi connectivity index (χ4n) is 9.12. The first-order valence-electron chi connectivity index (χ1n) is 23.4. The summed E-state index contributed by atoms with van der Waals surface area (Å²) in [5.41, 5.74) is 9.44. The predicted octanol–water partition coefficient (Wildman–Crippen LogP) is 16.6. The molecule has 298 valence electrons. The predicted molar refractivity (Wildman–Crippen MR) is 234 cm³/mol. The number of nitrogens with zero attached hydrogens (tertiary/aromatic N) is 2. The molecule has 0 saturated carbocycles. The summed E-state index contributed by atoms with van der Waals surface area (Å²) < 4.78 is 5.20. The van der Waals surface area contributed by atoms with Crippen LogP contribution in [0.3, 0.4) is 0 Å². The highest BCUT2D eigenvalue weighted by Crippen LogP contribution is 2.41. The van der Waals surface area contributed by atoms with Gasteiger partial charge in [-0.25, -0.2) is 9.13 Å². The lowest BCUT2D eigenvalue weighted by atomic mass is 9.82. The maximum absolute atomic E-state index is 2.60. The lowest BCUT2D eigenvalue weighted by Crippen LogP contribution is -2.32. The zero-order valence-electron chi connectivity index (χ0n) is 36.4. The van der Waals surface area contributed by atoms with Gasteiger partial charge in [-0.1, -0.05) is 195 Å². The van der Waals surface area contributed by atoms with Crippen LogP contribution in [0, 0.1) is 0 Å². The van der Waals surface area contributed by atoms with Crippen LogP contribution in [0.15, 0.2) is 55.1 Å². The molecule has 0 aliphatic rings. The normalized spacial score (nSPS) is 12.0. The first-order chi connectivity index (χ1) is 26.0. The Balaban J connectivity index is 2.36. The van der Waals surface area contributed by atoms with Crippen molar-refractivity contribution in [3.8, 4) is 11.4 Å². The highest BCUT2D eigenvalue weighted by molar-refractivity contribution is 5.52. The molecule has 1 heterocycles. The van der Waals surface area contributed by atoms with Crippen LogP contribution in [0.1, 0.15) is 255 Å². The van der Waals surface area contributed by atoms with E-state index in [4.69, 9.17) is 0 Å². The Bertz CT molecular complexity index is 1160. The van der Waals surface area contributed by atoms with Gasteiger partial charge in [-0.3, -0.25) is 0 Å². The molecular formula is C51H85N2+. The fraction of sp³-hybridized carbons (Fsp3) is 0.706. The quantitative estimate of drug-likeness (QED) is 0.0605. The molecule has 0 N–H and O–H groups in total. The van der Waals surface area contributed by atoms with Gasteiger partial charge in [0.15, 0.2) is 0 Å². The van der Waals surface area contributed by atoms with Gasteiger partial charge in [0.05, 0.1) is 0 Å². The van der Waals surface area contributed by atoms with Crippen molar-refractivity contribution in [2.45, 2.75) is 233 Å². The van der Waals surface area contributed by atoms with Gasteiger partial charge in [0.25, 0.3) is 6.33 Å². The van der Waals surface area contributed by atoms with Gasteiger partial charge in [0.2, 0.25) is 0 Å². The number of hydrogen-bond acceptors (Lipinski definition) is 0. The van der Waals surface area contributed by atoms with Gasteiger partial charge in [-0.2, -0.15) is 0 Å². The largest absolute Gasteiger partial charge is 0.254 e. The summed E-state index contributed by atoms with van der Waals surface area (Å²) in [6.07, 6.45) is 38.4. The summed E-state index contributed by atoms with van der Waals surface area (Å²) in [6.45, 7) is 18.9. The van der Waals surface area contributed by atoms with Crippen LogP contribution < -0.4 is 4.57 Å². The summed E-state index contributed by atoms with van der Waals surface area (Å²) in [5.74, 6) is 2.45. The molecule has 2 aromatic carbocycles. The highest BCUT2D eigenvalue weighted by atomic mass is 15.1. The second-order valence-electron chi connectivity index (χ2n) is 16.7. The molecule has 2 nitrogen and oxygen atoms in total. The molecule has 53 heavy (non-hydrogen) atoms. The first-order valence-corrected chi connectivity index (χ1v) is 23.4. The van der Waals surface area contributed by atoms with Crippen molar-refractivity contribution in [2.24, 2.45) is 0 Å². The lowest BCUT2D eigenvalue weighted by molar-refractivity contribution is -0.596. The van der Waals surface area contributed by atoms with Crippen LogP contribution in [0.2, 0.25) is 0 Å². The Morgan fingerprint density at radius 2 is 0.698 bits per heavy atom. The third kappa shape index (κ3) is 13.7. The van der Waals surface area contributed by atoms with Crippen LogP contribution in [0.4, 0.5) is 0 Å². The van der Waals surface area contributed by atoms with Gasteiger partial charge < -0.3 is 0 Å². The van der Waals surface area contributed by atoms with Gasteiger partial charge in [-0.05, 0) is 75.0 Å². The van der Waals surface area contributed by atoms with E-state index < -0.39 is 0 Å². The Morgan fingerprint density at radius 3 is 1.00 bits per heavy atom. The summed E-state index contributed by atoms with van der Waals surface area (Å²) in [6, 6.07) is 14.9. The van der Waals surface area contributed by atoms with E-state index in [0.29, 0.717) is 23.7 Å². The van der Waals surface area contributed by atoms with E-state index in [0.717, 1.165) is 0 Å². The number of hydrogen-bond donors (Lipinski definition) is 0. The molecule has 0 aliphatic carbocycles. The molecule has 3 rings (SSSR count). The summed E-state index contributed by atoms with van der Waals surface area (Å²) in [4.78, 5) is 0. The van der Waals surface area contributed by atoms with Crippen LogP contribution in [0.25, 0.3) is 11.4 Å². The first kappa shape index (κ1) is 45.0. The van der Waals surface area contributed by atoms with Crippen molar-refractivity contribution in [3.63, 3.8) is 0 Å². The zero-order valence-corrected chi connectivity index (χ0v) is 36.4. The highest BCUT2D eigenvalue weighted by Gasteiger charge is 2.29. The third-order valence-corrected chi connectivity index (χ3v) is 12.4. The topological polar surface area (TPSA) is 8.81 Å². The Hall–Kier alpha value is -2.35. The minimum atomic E-state index is 0.612. The number of benzene rings is 2. The molecule has 0 saturated heterocycles. The van der Waals surface area contributed by atoms with Crippen molar-refractivity contribution in [1.29, 1.82) is 0 Å². The van der Waals surface area contributed by atoms with Gasteiger partial charge in [0.1, 0.15) is 23.8 Å². The fourth-order valence-corrected chi connectivity index (χ4v) is 9.12. The van der Waals surface area contributed by atoms with E-state index >= 15 is 0 Å². The van der Waals surface area contributed by atoms with Crippen LogP contribution >= 0.6 is 0 Å². The van der Waals surface area contributed by atoms with Gasteiger partial charge in [0, 0.05) is 22.3 Å². The van der Waals surface area contributed by atoms with E-state index in [1.54, 1.807) is 22.3 Å². The van der Waals surface area contributed by atoms with Gasteiger partial charge >= 0.3 is 0 Å². The van der Waals surface area contributed by atoms with Crippen molar-refractivity contribution in [2.75, 3.05) is 0 Å². The standard InChI is InChI=1S/C51H85N2/c1-9-17-27-42(28-18-10-2)46-35-25-36-47(43(29-19-11-3)30-20-12-4)50(46)52-39-40-53(41-52)51-48(44(31-21-13-5)32-22-14-6)37-26-38-49(51)45(33-23-15-7)34-24-16-8/h25-26,35-45H,9-24,27-34H2,1-8H3/q+1. The van der Waals surface area contributed by atoms with Crippen LogP contribution in [-0.4, -0.2) is 4.57 Å².